The van der Waals surface area contributed by atoms with E-state index in [1.165, 1.54) is 0 Å². The molecule has 0 unspecified atom stereocenters. The quantitative estimate of drug-likeness (QED) is 0.581. The summed E-state index contributed by atoms with van der Waals surface area (Å²) in [6.45, 7) is 6.29. The number of ether oxygens (including phenoxy) is 1. The topological polar surface area (TPSA) is 76.3 Å². The Kier molecular flexibility index (Phi) is 4.24. The number of nitrogens with zero attached hydrogens (tertiary/aromatic N) is 3. The molecule has 1 aliphatic rings. The fraction of sp³-hybridized carbons (Fsp3) is 0.636. The highest BCUT2D eigenvalue weighted by atomic mass is 16.5. The Bertz CT molecular complexity index is 363. The number of aryl methyl sites for hydroxylation is 1. The average molecular weight is 237 g/mol. The number of hydrazine groups is 1. The highest BCUT2D eigenvalue weighted by molar-refractivity contribution is 5.33. The normalized spacial score (nSPS) is 17.8. The number of nitrogen functional groups attached to an aromatic ring is 1. The van der Waals surface area contributed by atoms with Gasteiger partial charge in [0.25, 0.3) is 0 Å². The van der Waals surface area contributed by atoms with Crippen LogP contribution in [0.1, 0.15) is 17.9 Å². The predicted molar refractivity (Wildman–Crippen MR) is 65.3 cm³/mol. The molecule has 17 heavy (non-hydrogen) atoms. The van der Waals surface area contributed by atoms with Crippen molar-refractivity contribution in [3.8, 4) is 0 Å². The molecule has 3 N–H and O–H groups in total. The molecule has 6 heteroatoms. The van der Waals surface area contributed by atoms with Crippen molar-refractivity contribution in [2.75, 3.05) is 31.7 Å². The van der Waals surface area contributed by atoms with Gasteiger partial charge in [0.15, 0.2) is 0 Å². The summed E-state index contributed by atoms with van der Waals surface area (Å²) in [6.07, 6.45) is 1.06. The highest BCUT2D eigenvalue weighted by Gasteiger charge is 2.11. The average Bonchev–Trinajstić information content (AvgIpc) is 2.57. The van der Waals surface area contributed by atoms with E-state index in [9.17, 15) is 0 Å². The first-order valence-electron chi connectivity index (χ1n) is 5.89. The van der Waals surface area contributed by atoms with E-state index >= 15 is 0 Å². The lowest BCUT2D eigenvalue weighted by atomic mass is 10.3. The first-order chi connectivity index (χ1) is 8.28. The van der Waals surface area contributed by atoms with Crippen LogP contribution in [-0.2, 0) is 11.3 Å². The van der Waals surface area contributed by atoms with Crippen molar-refractivity contribution in [3.63, 3.8) is 0 Å². The van der Waals surface area contributed by atoms with Crippen LogP contribution in [0.3, 0.4) is 0 Å². The minimum absolute atomic E-state index is 0.665. The predicted octanol–water partition coefficient (Wildman–Crippen LogP) is 0.293. The maximum absolute atomic E-state index is 5.42. The van der Waals surface area contributed by atoms with Gasteiger partial charge >= 0.3 is 0 Å². The van der Waals surface area contributed by atoms with Crippen LogP contribution >= 0.6 is 0 Å². The van der Waals surface area contributed by atoms with E-state index in [1.807, 2.05) is 13.0 Å². The van der Waals surface area contributed by atoms with Crippen molar-refractivity contribution >= 4 is 5.82 Å². The lowest BCUT2D eigenvalue weighted by Gasteiger charge is -2.18. The second-order valence-electron chi connectivity index (χ2n) is 4.20. The zero-order valence-corrected chi connectivity index (χ0v) is 10.1. The highest BCUT2D eigenvalue weighted by Crippen LogP contribution is 2.08. The molecular weight excluding hydrogens is 218 g/mol. The maximum Gasteiger partial charge on any atom is 0.145 e. The van der Waals surface area contributed by atoms with E-state index in [-0.39, 0.29) is 0 Å². The molecule has 1 aromatic heterocycles. The molecule has 1 aliphatic heterocycles. The van der Waals surface area contributed by atoms with Crippen molar-refractivity contribution in [3.05, 3.63) is 17.6 Å². The molecule has 0 amide bonds. The molecule has 2 rings (SSSR count). The van der Waals surface area contributed by atoms with Crippen LogP contribution in [0.15, 0.2) is 6.07 Å². The van der Waals surface area contributed by atoms with Crippen molar-refractivity contribution in [2.24, 2.45) is 5.84 Å². The van der Waals surface area contributed by atoms with E-state index in [1.54, 1.807) is 0 Å². The van der Waals surface area contributed by atoms with Crippen LogP contribution in [0.4, 0.5) is 5.82 Å². The van der Waals surface area contributed by atoms with Crippen molar-refractivity contribution < 1.29 is 4.74 Å². The molecule has 0 bridgehead atoms. The van der Waals surface area contributed by atoms with Gasteiger partial charge in [0, 0.05) is 31.5 Å². The Hall–Kier alpha value is -1.24. The second kappa shape index (κ2) is 5.90. The molecule has 1 aromatic rings. The van der Waals surface area contributed by atoms with Gasteiger partial charge in [-0.1, -0.05) is 0 Å². The number of rotatable bonds is 3. The number of aromatic nitrogens is 2. The van der Waals surface area contributed by atoms with Crippen LogP contribution in [0.5, 0.6) is 0 Å². The van der Waals surface area contributed by atoms with Crippen molar-refractivity contribution in [2.45, 2.75) is 19.9 Å². The fourth-order valence-electron chi connectivity index (χ4n) is 1.93. The SMILES string of the molecule is Cc1cc(NN)nc(CN2CCCOCC2)n1. The van der Waals surface area contributed by atoms with E-state index in [4.69, 9.17) is 10.6 Å². The van der Waals surface area contributed by atoms with Gasteiger partial charge in [-0.3, -0.25) is 4.90 Å². The van der Waals surface area contributed by atoms with Gasteiger partial charge in [0.2, 0.25) is 0 Å². The van der Waals surface area contributed by atoms with Crippen LogP contribution in [0.2, 0.25) is 0 Å². The zero-order chi connectivity index (χ0) is 12.1. The Labute approximate surface area is 101 Å². The van der Waals surface area contributed by atoms with Crippen LogP contribution in [-0.4, -0.2) is 41.2 Å². The molecule has 94 valence electrons. The van der Waals surface area contributed by atoms with Gasteiger partial charge in [0.1, 0.15) is 11.6 Å². The summed E-state index contributed by atoms with van der Waals surface area (Å²) >= 11 is 0. The monoisotopic (exact) mass is 237 g/mol. The van der Waals surface area contributed by atoms with E-state index in [0.717, 1.165) is 50.8 Å². The molecule has 1 saturated heterocycles. The second-order valence-corrected chi connectivity index (χ2v) is 4.20. The molecule has 0 saturated carbocycles. The van der Waals surface area contributed by atoms with Crippen LogP contribution in [0.25, 0.3) is 0 Å². The third-order valence-corrected chi connectivity index (χ3v) is 2.73. The lowest BCUT2D eigenvalue weighted by molar-refractivity contribution is 0.140. The third kappa shape index (κ3) is 3.62. The maximum atomic E-state index is 5.42. The summed E-state index contributed by atoms with van der Waals surface area (Å²) in [5.41, 5.74) is 3.49. The molecule has 1 fully saturated rings. The van der Waals surface area contributed by atoms with Crippen molar-refractivity contribution in [1.82, 2.24) is 14.9 Å². The largest absolute Gasteiger partial charge is 0.380 e. The van der Waals surface area contributed by atoms with Gasteiger partial charge in [-0.2, -0.15) is 0 Å². The first kappa shape index (κ1) is 12.2. The Morgan fingerprint density at radius 1 is 1.41 bits per heavy atom. The van der Waals surface area contributed by atoms with Gasteiger partial charge in [-0.15, -0.1) is 0 Å². The number of hydrogen-bond acceptors (Lipinski definition) is 6. The standard InChI is InChI=1S/C11H19N5O/c1-9-7-10(15-12)14-11(13-9)8-16-3-2-5-17-6-4-16/h7H,2-6,8,12H2,1H3,(H,13,14,15). The molecule has 0 spiro atoms. The lowest BCUT2D eigenvalue weighted by Crippen LogP contribution is -2.27. The van der Waals surface area contributed by atoms with Gasteiger partial charge in [0.05, 0.1) is 13.2 Å². The summed E-state index contributed by atoms with van der Waals surface area (Å²) in [5, 5.41) is 0. The molecule has 6 nitrogen and oxygen atoms in total. The summed E-state index contributed by atoms with van der Waals surface area (Å²) in [5.74, 6) is 6.84. The molecule has 2 heterocycles. The summed E-state index contributed by atoms with van der Waals surface area (Å²) in [7, 11) is 0. The number of nitrogens with one attached hydrogen (secondary N) is 1. The summed E-state index contributed by atoms with van der Waals surface area (Å²) in [6, 6.07) is 1.83. The molecule has 0 radical (unpaired) electrons. The van der Waals surface area contributed by atoms with Crippen molar-refractivity contribution in [1.29, 1.82) is 0 Å². The number of anilines is 1. The Balaban J connectivity index is 2.03. The molecule has 0 atom stereocenters. The Morgan fingerprint density at radius 2 is 2.29 bits per heavy atom. The number of nitrogens with two attached hydrogens (primary N) is 1. The zero-order valence-electron chi connectivity index (χ0n) is 10.1. The minimum Gasteiger partial charge on any atom is -0.380 e. The third-order valence-electron chi connectivity index (χ3n) is 2.73. The Morgan fingerprint density at radius 3 is 3.12 bits per heavy atom. The van der Waals surface area contributed by atoms with Gasteiger partial charge in [-0.05, 0) is 13.3 Å². The van der Waals surface area contributed by atoms with Gasteiger partial charge < -0.3 is 10.2 Å². The smallest absolute Gasteiger partial charge is 0.145 e. The summed E-state index contributed by atoms with van der Waals surface area (Å²) < 4.78 is 5.42. The first-order valence-corrected chi connectivity index (χ1v) is 5.89. The molecular formula is C11H19N5O. The van der Waals surface area contributed by atoms with Gasteiger partial charge in [-0.25, -0.2) is 15.8 Å². The molecule has 0 aliphatic carbocycles. The fourth-order valence-corrected chi connectivity index (χ4v) is 1.93. The number of hydrogen-bond donors (Lipinski definition) is 2. The van der Waals surface area contributed by atoms with E-state index in [0.29, 0.717) is 5.82 Å². The van der Waals surface area contributed by atoms with E-state index in [2.05, 4.69) is 20.3 Å². The summed E-state index contributed by atoms with van der Waals surface area (Å²) in [4.78, 5) is 11.1. The minimum atomic E-state index is 0.665. The molecule has 0 aromatic carbocycles. The van der Waals surface area contributed by atoms with Crippen LogP contribution in [0, 0.1) is 6.92 Å². The van der Waals surface area contributed by atoms with E-state index < -0.39 is 0 Å². The van der Waals surface area contributed by atoms with Crippen LogP contribution < -0.4 is 11.3 Å².